The van der Waals surface area contributed by atoms with Crippen LogP contribution in [0.25, 0.3) is 0 Å². The number of hydrogen-bond acceptors (Lipinski definition) is 4. The van der Waals surface area contributed by atoms with E-state index in [9.17, 15) is 0 Å². The van der Waals surface area contributed by atoms with Gasteiger partial charge in [0.05, 0.1) is 6.61 Å². The number of aliphatic hydroxyl groups excluding tert-OH is 1. The second-order valence-electron chi connectivity index (χ2n) is 3.40. The average Bonchev–Trinajstić information content (AvgIpc) is 2.29. The van der Waals surface area contributed by atoms with Crippen molar-refractivity contribution in [2.24, 2.45) is 0 Å². The Balaban J connectivity index is 2.50. The summed E-state index contributed by atoms with van der Waals surface area (Å²) in [5, 5.41) is 8.84. The minimum Gasteiger partial charge on any atom is -0.392 e. The van der Waals surface area contributed by atoms with E-state index in [1.165, 1.54) is 0 Å². The van der Waals surface area contributed by atoms with Gasteiger partial charge in [0.25, 0.3) is 0 Å². The molecule has 1 rings (SSSR count). The van der Waals surface area contributed by atoms with Crippen LogP contribution in [0.15, 0.2) is 25.0 Å². The molecule has 1 heterocycles. The third-order valence-electron chi connectivity index (χ3n) is 2.12. The molecule has 0 saturated carbocycles. The predicted octanol–water partition coefficient (Wildman–Crippen LogP) is 1.37. The van der Waals surface area contributed by atoms with Crippen LogP contribution in [0.1, 0.15) is 18.4 Å². The lowest BCUT2D eigenvalue weighted by atomic mass is 10.3. The molecule has 0 aliphatic heterocycles. The molecule has 0 atom stereocenters. The fourth-order valence-electron chi connectivity index (χ4n) is 1.20. The quantitative estimate of drug-likeness (QED) is 0.565. The number of hydrogen-bond donors (Lipinski definition) is 1. The Morgan fingerprint density at radius 2 is 2.13 bits per heavy atom. The molecule has 0 bridgehead atoms. The molecule has 15 heavy (non-hydrogen) atoms. The molecule has 0 amide bonds. The summed E-state index contributed by atoms with van der Waals surface area (Å²) in [5.74, 6) is 0.691. The van der Waals surface area contributed by atoms with Gasteiger partial charge in [-0.2, -0.15) is 0 Å². The van der Waals surface area contributed by atoms with Gasteiger partial charge in [0, 0.05) is 31.5 Å². The van der Waals surface area contributed by atoms with Gasteiger partial charge >= 0.3 is 0 Å². The van der Waals surface area contributed by atoms with Gasteiger partial charge in [-0.15, -0.1) is 6.58 Å². The van der Waals surface area contributed by atoms with E-state index in [1.807, 2.05) is 18.0 Å². The number of aliphatic hydroxyl groups is 1. The van der Waals surface area contributed by atoms with Crippen LogP contribution in [0.4, 0.5) is 5.95 Å². The number of allylic oxidation sites excluding steroid dienone is 1. The zero-order chi connectivity index (χ0) is 11.1. The highest BCUT2D eigenvalue weighted by atomic mass is 16.3. The Morgan fingerprint density at radius 3 is 2.67 bits per heavy atom. The molecule has 4 heteroatoms. The summed E-state index contributed by atoms with van der Waals surface area (Å²) in [5.41, 5.74) is 0.734. The predicted molar refractivity (Wildman–Crippen MR) is 60.7 cm³/mol. The Bertz CT molecular complexity index is 297. The summed E-state index contributed by atoms with van der Waals surface area (Å²) >= 11 is 0. The van der Waals surface area contributed by atoms with Crippen LogP contribution in [0, 0.1) is 0 Å². The maximum Gasteiger partial charge on any atom is 0.224 e. The van der Waals surface area contributed by atoms with E-state index < -0.39 is 0 Å². The number of anilines is 1. The molecular weight excluding hydrogens is 190 g/mol. The summed E-state index contributed by atoms with van der Waals surface area (Å²) in [7, 11) is 1.96. The topological polar surface area (TPSA) is 49.2 Å². The van der Waals surface area contributed by atoms with Gasteiger partial charge < -0.3 is 10.0 Å². The molecule has 0 aliphatic carbocycles. The fourth-order valence-corrected chi connectivity index (χ4v) is 1.20. The lowest BCUT2D eigenvalue weighted by molar-refractivity contribution is 0.281. The van der Waals surface area contributed by atoms with Crippen molar-refractivity contribution in [1.82, 2.24) is 9.97 Å². The highest BCUT2D eigenvalue weighted by molar-refractivity contribution is 5.27. The normalized spacial score (nSPS) is 10.0. The van der Waals surface area contributed by atoms with E-state index >= 15 is 0 Å². The van der Waals surface area contributed by atoms with Crippen molar-refractivity contribution in [2.75, 3.05) is 18.5 Å². The van der Waals surface area contributed by atoms with E-state index in [0.717, 1.165) is 24.9 Å². The largest absolute Gasteiger partial charge is 0.392 e. The SMILES string of the molecule is C=CCCCN(C)c1ncc(CO)cn1. The first-order valence-corrected chi connectivity index (χ1v) is 5.01. The monoisotopic (exact) mass is 207 g/mol. The van der Waals surface area contributed by atoms with Gasteiger partial charge in [-0.3, -0.25) is 0 Å². The maximum absolute atomic E-state index is 8.84. The van der Waals surface area contributed by atoms with Crippen molar-refractivity contribution in [1.29, 1.82) is 0 Å². The fraction of sp³-hybridized carbons (Fsp3) is 0.455. The number of unbranched alkanes of at least 4 members (excludes halogenated alkanes) is 1. The Hall–Kier alpha value is -1.42. The molecule has 0 aromatic carbocycles. The zero-order valence-corrected chi connectivity index (χ0v) is 9.06. The minimum absolute atomic E-state index is 0.0134. The minimum atomic E-state index is -0.0134. The van der Waals surface area contributed by atoms with E-state index in [0.29, 0.717) is 5.95 Å². The molecule has 4 nitrogen and oxygen atoms in total. The third-order valence-corrected chi connectivity index (χ3v) is 2.12. The number of nitrogens with zero attached hydrogens (tertiary/aromatic N) is 3. The molecule has 82 valence electrons. The lowest BCUT2D eigenvalue weighted by Crippen LogP contribution is -2.20. The zero-order valence-electron chi connectivity index (χ0n) is 9.06. The van der Waals surface area contributed by atoms with Gasteiger partial charge in [-0.1, -0.05) is 6.08 Å². The molecule has 0 saturated heterocycles. The summed E-state index contributed by atoms with van der Waals surface area (Å²) in [6.45, 7) is 4.57. The van der Waals surface area contributed by atoms with Crippen molar-refractivity contribution in [2.45, 2.75) is 19.4 Å². The first-order valence-electron chi connectivity index (χ1n) is 5.01. The van der Waals surface area contributed by atoms with Crippen LogP contribution >= 0.6 is 0 Å². The molecule has 1 aromatic heterocycles. The lowest BCUT2D eigenvalue weighted by Gasteiger charge is -2.16. The van der Waals surface area contributed by atoms with Crippen LogP contribution < -0.4 is 4.90 Å². The smallest absolute Gasteiger partial charge is 0.224 e. The number of aromatic nitrogens is 2. The van der Waals surface area contributed by atoms with Gasteiger partial charge in [0.2, 0.25) is 5.95 Å². The van der Waals surface area contributed by atoms with Crippen LogP contribution in [0.2, 0.25) is 0 Å². The van der Waals surface area contributed by atoms with Crippen molar-refractivity contribution in [3.8, 4) is 0 Å². The molecule has 1 N–H and O–H groups in total. The Labute approximate surface area is 90.3 Å². The number of rotatable bonds is 6. The summed E-state index contributed by atoms with van der Waals surface area (Å²) < 4.78 is 0. The van der Waals surface area contributed by atoms with Crippen molar-refractivity contribution < 1.29 is 5.11 Å². The van der Waals surface area contributed by atoms with E-state index in [2.05, 4.69) is 16.5 Å². The van der Waals surface area contributed by atoms with Crippen LogP contribution in [-0.2, 0) is 6.61 Å². The standard InChI is InChI=1S/C11H17N3O/c1-3-4-5-6-14(2)11-12-7-10(9-15)8-13-11/h3,7-8,15H,1,4-6,9H2,2H3. The molecule has 0 fully saturated rings. The molecule has 0 unspecified atom stereocenters. The summed E-state index contributed by atoms with van der Waals surface area (Å²) in [4.78, 5) is 10.3. The summed E-state index contributed by atoms with van der Waals surface area (Å²) in [6.07, 6.45) is 7.24. The molecule has 0 aliphatic rings. The summed E-state index contributed by atoms with van der Waals surface area (Å²) in [6, 6.07) is 0. The Morgan fingerprint density at radius 1 is 1.47 bits per heavy atom. The van der Waals surface area contributed by atoms with E-state index in [1.54, 1.807) is 12.4 Å². The van der Waals surface area contributed by atoms with Crippen LogP contribution in [0.5, 0.6) is 0 Å². The third kappa shape index (κ3) is 3.67. The van der Waals surface area contributed by atoms with Gasteiger partial charge in [-0.05, 0) is 12.8 Å². The maximum atomic E-state index is 8.84. The van der Waals surface area contributed by atoms with Crippen molar-refractivity contribution >= 4 is 5.95 Å². The van der Waals surface area contributed by atoms with Gasteiger partial charge in [0.15, 0.2) is 0 Å². The van der Waals surface area contributed by atoms with Gasteiger partial charge in [0.1, 0.15) is 0 Å². The first kappa shape index (κ1) is 11.7. The molecular formula is C11H17N3O. The van der Waals surface area contributed by atoms with E-state index in [-0.39, 0.29) is 6.61 Å². The van der Waals surface area contributed by atoms with Crippen LogP contribution in [0.3, 0.4) is 0 Å². The highest BCUT2D eigenvalue weighted by Crippen LogP contribution is 2.06. The first-order chi connectivity index (χ1) is 7.27. The second kappa shape index (κ2) is 6.14. The van der Waals surface area contributed by atoms with Crippen LogP contribution in [-0.4, -0.2) is 28.7 Å². The van der Waals surface area contributed by atoms with Gasteiger partial charge in [-0.25, -0.2) is 9.97 Å². The highest BCUT2D eigenvalue weighted by Gasteiger charge is 2.02. The molecule has 0 radical (unpaired) electrons. The second-order valence-corrected chi connectivity index (χ2v) is 3.40. The molecule has 0 spiro atoms. The molecule has 1 aromatic rings. The van der Waals surface area contributed by atoms with E-state index in [4.69, 9.17) is 5.11 Å². The van der Waals surface area contributed by atoms with Crippen molar-refractivity contribution in [3.63, 3.8) is 0 Å². The Kier molecular flexibility index (Phi) is 4.77. The van der Waals surface area contributed by atoms with Crippen molar-refractivity contribution in [3.05, 3.63) is 30.6 Å². The average molecular weight is 207 g/mol.